The molecular formula is C20H27N5OS. The molecule has 3 unspecified atom stereocenters. The van der Waals surface area contributed by atoms with Gasteiger partial charge in [-0.1, -0.05) is 44.5 Å². The number of pyridine rings is 1. The number of nitrogens with zero attached hydrogens (tertiary/aromatic N) is 4. The lowest BCUT2D eigenvalue weighted by atomic mass is 9.78. The molecule has 0 aliphatic heterocycles. The van der Waals surface area contributed by atoms with Crippen LogP contribution in [0.1, 0.15) is 33.1 Å². The van der Waals surface area contributed by atoms with Gasteiger partial charge in [0.05, 0.1) is 5.75 Å². The molecule has 3 rings (SSSR count). The van der Waals surface area contributed by atoms with Gasteiger partial charge >= 0.3 is 0 Å². The minimum Gasteiger partial charge on any atom is -0.352 e. The topological polar surface area (TPSA) is 72.7 Å². The SMILES string of the molecule is C=CCn1c(SCC(=O)NC2CCCC(C)C2C)nnc1-c1ccncc1. The zero-order chi connectivity index (χ0) is 19.2. The lowest BCUT2D eigenvalue weighted by Gasteiger charge is -2.34. The first-order chi connectivity index (χ1) is 13.1. The Kier molecular flexibility index (Phi) is 6.66. The van der Waals surface area contributed by atoms with Crippen molar-refractivity contribution in [3.8, 4) is 11.4 Å². The number of hydrogen-bond donors (Lipinski definition) is 1. The van der Waals surface area contributed by atoms with Crippen molar-refractivity contribution in [2.24, 2.45) is 11.8 Å². The van der Waals surface area contributed by atoms with E-state index >= 15 is 0 Å². The number of aromatic nitrogens is 4. The van der Waals surface area contributed by atoms with E-state index in [1.165, 1.54) is 24.6 Å². The largest absolute Gasteiger partial charge is 0.352 e. The van der Waals surface area contributed by atoms with Gasteiger partial charge in [-0.2, -0.15) is 0 Å². The van der Waals surface area contributed by atoms with E-state index in [1.54, 1.807) is 12.4 Å². The van der Waals surface area contributed by atoms with Crippen LogP contribution in [0.3, 0.4) is 0 Å². The minimum atomic E-state index is 0.0598. The van der Waals surface area contributed by atoms with Crippen molar-refractivity contribution in [3.63, 3.8) is 0 Å². The van der Waals surface area contributed by atoms with Gasteiger partial charge in [0.25, 0.3) is 0 Å². The number of carbonyl (C=O) groups excluding carboxylic acids is 1. The molecule has 1 fully saturated rings. The molecule has 1 saturated carbocycles. The summed E-state index contributed by atoms with van der Waals surface area (Å²) in [5.41, 5.74) is 0.945. The average Bonchev–Trinajstić information content (AvgIpc) is 3.07. The van der Waals surface area contributed by atoms with Crippen LogP contribution in [0, 0.1) is 11.8 Å². The van der Waals surface area contributed by atoms with Crippen molar-refractivity contribution in [1.82, 2.24) is 25.1 Å². The smallest absolute Gasteiger partial charge is 0.230 e. The third-order valence-electron chi connectivity index (χ3n) is 5.35. The fourth-order valence-electron chi connectivity index (χ4n) is 3.57. The summed E-state index contributed by atoms with van der Waals surface area (Å²) in [6.07, 6.45) is 8.78. The number of rotatable bonds is 7. The van der Waals surface area contributed by atoms with E-state index in [-0.39, 0.29) is 11.9 Å². The molecule has 2 aromatic heterocycles. The molecule has 0 spiro atoms. The number of carbonyl (C=O) groups is 1. The highest BCUT2D eigenvalue weighted by atomic mass is 32.2. The molecular weight excluding hydrogens is 358 g/mol. The van der Waals surface area contributed by atoms with Crippen LogP contribution in [0.25, 0.3) is 11.4 Å². The number of hydrogen-bond acceptors (Lipinski definition) is 5. The van der Waals surface area contributed by atoms with Gasteiger partial charge in [0.2, 0.25) is 5.91 Å². The summed E-state index contributed by atoms with van der Waals surface area (Å²) in [6, 6.07) is 4.08. The van der Waals surface area contributed by atoms with Crippen molar-refractivity contribution in [2.75, 3.05) is 5.75 Å². The second-order valence-corrected chi connectivity index (χ2v) is 8.11. The second kappa shape index (κ2) is 9.17. The monoisotopic (exact) mass is 385 g/mol. The molecule has 1 N–H and O–H groups in total. The van der Waals surface area contributed by atoms with Crippen LogP contribution in [0.2, 0.25) is 0 Å². The Morgan fingerprint density at radius 3 is 2.85 bits per heavy atom. The number of allylic oxidation sites excluding steroid dienone is 1. The zero-order valence-electron chi connectivity index (χ0n) is 16.0. The molecule has 0 saturated heterocycles. The van der Waals surface area contributed by atoms with Crippen LogP contribution in [0.15, 0.2) is 42.3 Å². The first-order valence-corrected chi connectivity index (χ1v) is 10.5. The molecule has 3 atom stereocenters. The normalized spacial score (nSPS) is 22.4. The Balaban J connectivity index is 1.64. The van der Waals surface area contributed by atoms with E-state index in [9.17, 15) is 4.79 Å². The number of amides is 1. The van der Waals surface area contributed by atoms with Crippen LogP contribution < -0.4 is 5.32 Å². The van der Waals surface area contributed by atoms with Gasteiger partial charge in [0, 0.05) is 30.5 Å². The highest BCUT2D eigenvalue weighted by molar-refractivity contribution is 7.99. The van der Waals surface area contributed by atoms with Gasteiger partial charge in [-0.3, -0.25) is 14.3 Å². The number of nitrogens with one attached hydrogen (secondary N) is 1. The molecule has 2 aromatic rings. The summed E-state index contributed by atoms with van der Waals surface area (Å²) in [7, 11) is 0. The molecule has 1 amide bonds. The predicted molar refractivity (Wildman–Crippen MR) is 108 cm³/mol. The third-order valence-corrected chi connectivity index (χ3v) is 6.32. The van der Waals surface area contributed by atoms with E-state index < -0.39 is 0 Å². The van der Waals surface area contributed by atoms with Crippen LogP contribution in [-0.4, -0.2) is 37.5 Å². The van der Waals surface area contributed by atoms with Gasteiger partial charge in [-0.25, -0.2) is 0 Å². The molecule has 27 heavy (non-hydrogen) atoms. The first-order valence-electron chi connectivity index (χ1n) is 9.46. The van der Waals surface area contributed by atoms with Crippen molar-refractivity contribution >= 4 is 17.7 Å². The minimum absolute atomic E-state index is 0.0598. The fraction of sp³-hybridized carbons (Fsp3) is 0.500. The Bertz CT molecular complexity index is 776. The lowest BCUT2D eigenvalue weighted by molar-refractivity contribution is -0.120. The zero-order valence-corrected chi connectivity index (χ0v) is 16.8. The van der Waals surface area contributed by atoms with Gasteiger partial charge in [0.15, 0.2) is 11.0 Å². The molecule has 0 radical (unpaired) electrons. The van der Waals surface area contributed by atoms with Gasteiger partial charge in [-0.05, 0) is 30.4 Å². The summed E-state index contributed by atoms with van der Waals surface area (Å²) in [5.74, 6) is 2.34. The quantitative estimate of drug-likeness (QED) is 0.583. The second-order valence-electron chi connectivity index (χ2n) is 7.17. The molecule has 7 heteroatoms. The summed E-state index contributed by atoms with van der Waals surface area (Å²) >= 11 is 1.42. The summed E-state index contributed by atoms with van der Waals surface area (Å²) < 4.78 is 1.98. The van der Waals surface area contributed by atoms with Gasteiger partial charge < -0.3 is 5.32 Å². The molecule has 1 aliphatic rings. The Morgan fingerprint density at radius 1 is 1.33 bits per heavy atom. The average molecular weight is 386 g/mol. The molecule has 0 bridgehead atoms. The first kappa shape index (κ1) is 19.6. The van der Waals surface area contributed by atoms with E-state index in [2.05, 4.69) is 40.9 Å². The van der Waals surface area contributed by atoms with Crippen molar-refractivity contribution < 1.29 is 4.79 Å². The fourth-order valence-corrected chi connectivity index (χ4v) is 4.33. The maximum Gasteiger partial charge on any atom is 0.230 e. The third kappa shape index (κ3) is 4.77. The van der Waals surface area contributed by atoms with Crippen LogP contribution in [0.5, 0.6) is 0 Å². The van der Waals surface area contributed by atoms with E-state index in [1.807, 2.05) is 22.8 Å². The van der Waals surface area contributed by atoms with E-state index in [4.69, 9.17) is 0 Å². The summed E-state index contributed by atoms with van der Waals surface area (Å²) in [6.45, 7) is 8.92. The van der Waals surface area contributed by atoms with Crippen LogP contribution in [-0.2, 0) is 11.3 Å². The Labute approximate surface area is 164 Å². The maximum atomic E-state index is 12.5. The highest BCUT2D eigenvalue weighted by Crippen LogP contribution is 2.30. The molecule has 0 aromatic carbocycles. The number of thioether (sulfide) groups is 1. The van der Waals surface area contributed by atoms with Crippen LogP contribution in [0.4, 0.5) is 0 Å². The molecule has 2 heterocycles. The molecule has 144 valence electrons. The van der Waals surface area contributed by atoms with Crippen molar-refractivity contribution in [3.05, 3.63) is 37.2 Å². The van der Waals surface area contributed by atoms with E-state index in [0.717, 1.165) is 23.0 Å². The maximum absolute atomic E-state index is 12.5. The highest BCUT2D eigenvalue weighted by Gasteiger charge is 2.28. The molecule has 1 aliphatic carbocycles. The summed E-state index contributed by atoms with van der Waals surface area (Å²) in [5, 5.41) is 12.5. The molecule has 6 nitrogen and oxygen atoms in total. The van der Waals surface area contributed by atoms with Crippen molar-refractivity contribution in [1.29, 1.82) is 0 Å². The standard InChI is InChI=1S/C20H27N5OS/c1-4-12-25-19(16-8-10-21-11-9-16)23-24-20(25)27-13-18(26)22-17-7-5-6-14(2)15(17)3/h4,8-11,14-15,17H,1,5-7,12-13H2,2-3H3,(H,22,26). The van der Waals surface area contributed by atoms with Gasteiger partial charge in [0.1, 0.15) is 0 Å². The van der Waals surface area contributed by atoms with Crippen LogP contribution >= 0.6 is 11.8 Å². The van der Waals surface area contributed by atoms with E-state index in [0.29, 0.717) is 24.1 Å². The van der Waals surface area contributed by atoms with Crippen molar-refractivity contribution in [2.45, 2.75) is 50.9 Å². The van der Waals surface area contributed by atoms with Gasteiger partial charge in [-0.15, -0.1) is 16.8 Å². The predicted octanol–water partition coefficient (Wildman–Crippen LogP) is 3.56. The Hall–Kier alpha value is -2.15. The lowest BCUT2D eigenvalue weighted by Crippen LogP contribution is -2.44. The Morgan fingerprint density at radius 2 is 2.11 bits per heavy atom. The summed E-state index contributed by atoms with van der Waals surface area (Å²) in [4.78, 5) is 16.5.